The Kier molecular flexibility index (Phi) is 5.55. The van der Waals surface area contributed by atoms with Crippen LogP contribution in [0.2, 0.25) is 0 Å². The minimum Gasteiger partial charge on any atom is -0.313 e. The molecule has 116 valence electrons. The van der Waals surface area contributed by atoms with Crippen molar-refractivity contribution in [3.8, 4) is 0 Å². The van der Waals surface area contributed by atoms with Gasteiger partial charge in [-0.25, -0.2) is 0 Å². The molecule has 0 bridgehead atoms. The van der Waals surface area contributed by atoms with Crippen molar-refractivity contribution >= 4 is 11.8 Å². The Morgan fingerprint density at radius 1 is 1.38 bits per heavy atom. The highest BCUT2D eigenvalue weighted by atomic mass is 32.2. The number of nitrogens with zero attached hydrogens (tertiary/aromatic N) is 2. The summed E-state index contributed by atoms with van der Waals surface area (Å²) in [6.07, 6.45) is 5.98. The number of hydrogen-bond acceptors (Lipinski definition) is 4. The zero-order chi connectivity index (χ0) is 14.5. The molecule has 0 aromatic carbocycles. The normalized spacial score (nSPS) is 30.6. The summed E-state index contributed by atoms with van der Waals surface area (Å²) in [6.45, 7) is 6.97. The first-order valence-corrected chi connectivity index (χ1v) is 9.33. The first-order valence-electron chi connectivity index (χ1n) is 8.28. The molecule has 2 fully saturated rings. The van der Waals surface area contributed by atoms with Gasteiger partial charge in [0.15, 0.2) is 0 Å². The lowest BCUT2D eigenvalue weighted by atomic mass is 9.93. The van der Waals surface area contributed by atoms with Gasteiger partial charge < -0.3 is 5.32 Å². The highest BCUT2D eigenvalue weighted by molar-refractivity contribution is 8.00. The molecular formula is C17H27N3S. The second-order valence-corrected chi connectivity index (χ2v) is 7.88. The molecule has 0 amide bonds. The van der Waals surface area contributed by atoms with E-state index in [2.05, 4.69) is 46.0 Å². The zero-order valence-electron chi connectivity index (χ0n) is 13.0. The van der Waals surface area contributed by atoms with E-state index in [-0.39, 0.29) is 0 Å². The largest absolute Gasteiger partial charge is 0.313 e. The fourth-order valence-corrected chi connectivity index (χ4v) is 4.70. The number of piperidine rings is 1. The van der Waals surface area contributed by atoms with Gasteiger partial charge in [0, 0.05) is 43.7 Å². The van der Waals surface area contributed by atoms with Gasteiger partial charge in [0.2, 0.25) is 0 Å². The van der Waals surface area contributed by atoms with E-state index in [1.165, 1.54) is 50.3 Å². The van der Waals surface area contributed by atoms with Crippen LogP contribution in [0.15, 0.2) is 24.4 Å². The van der Waals surface area contributed by atoms with Crippen LogP contribution >= 0.6 is 11.8 Å². The quantitative estimate of drug-likeness (QED) is 0.905. The maximum absolute atomic E-state index is 4.45. The Morgan fingerprint density at radius 3 is 3.05 bits per heavy atom. The van der Waals surface area contributed by atoms with Crippen LogP contribution in [0.3, 0.4) is 0 Å². The Balaban J connectivity index is 1.43. The van der Waals surface area contributed by atoms with Crippen LogP contribution in [0.4, 0.5) is 0 Å². The van der Waals surface area contributed by atoms with Crippen molar-refractivity contribution in [1.29, 1.82) is 0 Å². The molecule has 3 heterocycles. The third kappa shape index (κ3) is 4.44. The van der Waals surface area contributed by atoms with Crippen LogP contribution in [-0.2, 0) is 6.54 Å². The van der Waals surface area contributed by atoms with Crippen LogP contribution in [0.5, 0.6) is 0 Å². The van der Waals surface area contributed by atoms with E-state index in [9.17, 15) is 0 Å². The van der Waals surface area contributed by atoms with Gasteiger partial charge in [0.05, 0.1) is 5.69 Å². The van der Waals surface area contributed by atoms with E-state index in [4.69, 9.17) is 0 Å². The summed E-state index contributed by atoms with van der Waals surface area (Å²) >= 11 is 2.15. The monoisotopic (exact) mass is 305 g/mol. The third-order valence-electron chi connectivity index (χ3n) is 4.73. The summed E-state index contributed by atoms with van der Waals surface area (Å²) in [5, 5.41) is 4.70. The van der Waals surface area contributed by atoms with Gasteiger partial charge in [-0.2, -0.15) is 11.8 Å². The maximum Gasteiger partial charge on any atom is 0.0543 e. The van der Waals surface area contributed by atoms with Gasteiger partial charge in [-0.15, -0.1) is 0 Å². The molecule has 3 atom stereocenters. The van der Waals surface area contributed by atoms with Crippen molar-refractivity contribution in [3.63, 3.8) is 0 Å². The van der Waals surface area contributed by atoms with Gasteiger partial charge in [-0.1, -0.05) is 13.0 Å². The topological polar surface area (TPSA) is 28.2 Å². The third-order valence-corrected chi connectivity index (χ3v) is 6.13. The molecule has 2 aliphatic rings. The Labute approximate surface area is 132 Å². The average Bonchev–Trinajstić information content (AvgIpc) is 3.01. The van der Waals surface area contributed by atoms with Crippen LogP contribution in [0.1, 0.15) is 31.9 Å². The van der Waals surface area contributed by atoms with Crippen molar-refractivity contribution < 1.29 is 0 Å². The lowest BCUT2D eigenvalue weighted by Crippen LogP contribution is -2.49. The molecule has 3 rings (SSSR count). The molecule has 2 aliphatic heterocycles. The van der Waals surface area contributed by atoms with E-state index >= 15 is 0 Å². The SMILES string of the molecule is C[C@@H]1CN(Cc2ccccn2)CC[C@H]1NC[C@@H]1CCCS1. The van der Waals surface area contributed by atoms with Crippen molar-refractivity contribution in [3.05, 3.63) is 30.1 Å². The van der Waals surface area contributed by atoms with Crippen molar-refractivity contribution in [2.75, 3.05) is 25.4 Å². The predicted molar refractivity (Wildman–Crippen MR) is 90.6 cm³/mol. The highest BCUT2D eigenvalue weighted by Gasteiger charge is 2.27. The molecule has 3 nitrogen and oxygen atoms in total. The molecular weight excluding hydrogens is 278 g/mol. The van der Waals surface area contributed by atoms with Crippen LogP contribution in [-0.4, -0.2) is 46.6 Å². The lowest BCUT2D eigenvalue weighted by Gasteiger charge is -2.37. The van der Waals surface area contributed by atoms with E-state index in [1.54, 1.807) is 0 Å². The van der Waals surface area contributed by atoms with Gasteiger partial charge in [-0.05, 0) is 43.1 Å². The molecule has 0 saturated carbocycles. The van der Waals surface area contributed by atoms with Crippen molar-refractivity contribution in [1.82, 2.24) is 15.2 Å². The molecule has 1 aromatic heterocycles. The van der Waals surface area contributed by atoms with E-state index in [0.717, 1.165) is 17.7 Å². The number of rotatable bonds is 5. The fourth-order valence-electron chi connectivity index (χ4n) is 3.49. The molecule has 0 aliphatic carbocycles. The average molecular weight is 305 g/mol. The second-order valence-electron chi connectivity index (χ2n) is 6.47. The number of likely N-dealkylation sites (tertiary alicyclic amines) is 1. The minimum atomic E-state index is 0.700. The first kappa shape index (κ1) is 15.3. The summed E-state index contributed by atoms with van der Waals surface area (Å²) < 4.78 is 0. The molecule has 0 spiro atoms. The lowest BCUT2D eigenvalue weighted by molar-refractivity contribution is 0.140. The Bertz CT molecular complexity index is 419. The Morgan fingerprint density at radius 2 is 2.33 bits per heavy atom. The van der Waals surface area contributed by atoms with E-state index < -0.39 is 0 Å². The molecule has 4 heteroatoms. The fraction of sp³-hybridized carbons (Fsp3) is 0.706. The smallest absolute Gasteiger partial charge is 0.0543 e. The Hall–Kier alpha value is -0.580. The zero-order valence-corrected chi connectivity index (χ0v) is 13.8. The number of aromatic nitrogens is 1. The van der Waals surface area contributed by atoms with Crippen molar-refractivity contribution in [2.45, 2.75) is 44.0 Å². The summed E-state index contributed by atoms with van der Waals surface area (Å²) in [4.78, 5) is 7.00. The summed E-state index contributed by atoms with van der Waals surface area (Å²) in [5.74, 6) is 2.10. The number of pyridine rings is 1. The maximum atomic E-state index is 4.45. The molecule has 2 saturated heterocycles. The number of hydrogen-bond donors (Lipinski definition) is 1. The molecule has 0 unspecified atom stereocenters. The van der Waals surface area contributed by atoms with Crippen LogP contribution < -0.4 is 5.32 Å². The summed E-state index contributed by atoms with van der Waals surface area (Å²) in [7, 11) is 0. The highest BCUT2D eigenvalue weighted by Crippen LogP contribution is 2.26. The summed E-state index contributed by atoms with van der Waals surface area (Å²) in [5.41, 5.74) is 1.19. The molecule has 0 radical (unpaired) electrons. The minimum absolute atomic E-state index is 0.700. The van der Waals surface area contributed by atoms with Crippen LogP contribution in [0.25, 0.3) is 0 Å². The molecule has 1 N–H and O–H groups in total. The first-order chi connectivity index (χ1) is 10.3. The van der Waals surface area contributed by atoms with E-state index in [1.807, 2.05) is 12.3 Å². The summed E-state index contributed by atoms with van der Waals surface area (Å²) in [6, 6.07) is 6.90. The standard InChI is InChI=1S/C17H27N3S/c1-14-12-20(13-15-5-2-3-8-18-15)9-7-17(14)19-11-16-6-4-10-21-16/h2-3,5,8,14,16-17,19H,4,6-7,9-13H2,1H3/t14-,16+,17-/m1/s1. The number of thioether (sulfide) groups is 1. The molecule has 1 aromatic rings. The van der Waals surface area contributed by atoms with Gasteiger partial charge in [-0.3, -0.25) is 9.88 Å². The van der Waals surface area contributed by atoms with E-state index in [0.29, 0.717) is 6.04 Å². The van der Waals surface area contributed by atoms with Gasteiger partial charge in [0.1, 0.15) is 0 Å². The second kappa shape index (κ2) is 7.61. The van der Waals surface area contributed by atoms with Gasteiger partial charge >= 0.3 is 0 Å². The van der Waals surface area contributed by atoms with Crippen molar-refractivity contribution in [2.24, 2.45) is 5.92 Å². The predicted octanol–water partition coefficient (Wildman–Crippen LogP) is 2.78. The van der Waals surface area contributed by atoms with Gasteiger partial charge in [0.25, 0.3) is 0 Å². The number of nitrogens with one attached hydrogen (secondary N) is 1. The molecule has 21 heavy (non-hydrogen) atoms. The van der Waals surface area contributed by atoms with Crippen LogP contribution in [0, 0.1) is 5.92 Å².